The molecule has 0 spiro atoms. The summed E-state index contributed by atoms with van der Waals surface area (Å²) in [6, 6.07) is 10.6. The quantitative estimate of drug-likeness (QED) is 0.792. The van der Waals surface area contributed by atoms with Crippen molar-refractivity contribution in [3.63, 3.8) is 0 Å². The van der Waals surface area contributed by atoms with Crippen molar-refractivity contribution >= 4 is 11.6 Å². The van der Waals surface area contributed by atoms with E-state index in [0.717, 1.165) is 17.0 Å². The Morgan fingerprint density at radius 1 is 1.12 bits per heavy atom. The molecule has 0 saturated carbocycles. The van der Waals surface area contributed by atoms with Crippen LogP contribution in [0.1, 0.15) is 12.5 Å². The summed E-state index contributed by atoms with van der Waals surface area (Å²) < 4.78 is 21.1. The Morgan fingerprint density at radius 3 is 2.69 bits per heavy atom. The van der Waals surface area contributed by atoms with Crippen LogP contribution in [0.4, 0.5) is 5.69 Å². The van der Waals surface area contributed by atoms with Crippen LogP contribution < -0.4 is 29.6 Å². The summed E-state index contributed by atoms with van der Waals surface area (Å²) in [6.07, 6.45) is 0. The molecule has 2 aromatic carbocycles. The van der Waals surface area contributed by atoms with E-state index in [1.54, 1.807) is 27.2 Å². The molecule has 1 heterocycles. The van der Waals surface area contributed by atoms with E-state index in [-0.39, 0.29) is 12.7 Å². The summed E-state index contributed by atoms with van der Waals surface area (Å²) >= 11 is 0. The Bertz CT molecular complexity index is 793. The number of benzene rings is 2. The topological polar surface area (TPSA) is 78.1 Å². The van der Waals surface area contributed by atoms with Crippen molar-refractivity contribution in [3.05, 3.63) is 42.0 Å². The van der Waals surface area contributed by atoms with Gasteiger partial charge in [-0.25, -0.2) is 0 Å². The van der Waals surface area contributed by atoms with Crippen molar-refractivity contribution in [2.75, 3.05) is 26.3 Å². The zero-order valence-electron chi connectivity index (χ0n) is 15.0. The van der Waals surface area contributed by atoms with Crippen LogP contribution >= 0.6 is 0 Å². The van der Waals surface area contributed by atoms with Gasteiger partial charge in [0, 0.05) is 12.6 Å². The summed E-state index contributed by atoms with van der Waals surface area (Å²) in [5, 5.41) is 6.06. The average Bonchev–Trinajstić information content (AvgIpc) is 3.14. The molecule has 138 valence electrons. The second kappa shape index (κ2) is 7.86. The lowest BCUT2D eigenvalue weighted by atomic mass is 10.2. The highest BCUT2D eigenvalue weighted by Gasteiger charge is 2.16. The van der Waals surface area contributed by atoms with Crippen LogP contribution in [0, 0.1) is 0 Å². The summed E-state index contributed by atoms with van der Waals surface area (Å²) in [6.45, 7) is 2.43. The third-order valence-electron chi connectivity index (χ3n) is 4.08. The molecule has 7 heteroatoms. The van der Waals surface area contributed by atoms with Crippen molar-refractivity contribution in [1.29, 1.82) is 0 Å². The maximum absolute atomic E-state index is 12.4. The van der Waals surface area contributed by atoms with Crippen molar-refractivity contribution in [2.45, 2.75) is 19.5 Å². The Labute approximate surface area is 152 Å². The molecule has 0 unspecified atom stereocenters. The fourth-order valence-electron chi connectivity index (χ4n) is 2.61. The van der Waals surface area contributed by atoms with Crippen molar-refractivity contribution in [2.24, 2.45) is 0 Å². The van der Waals surface area contributed by atoms with Crippen LogP contribution in [0.3, 0.4) is 0 Å². The van der Waals surface area contributed by atoms with E-state index in [1.165, 1.54) is 0 Å². The first kappa shape index (κ1) is 17.7. The minimum absolute atomic E-state index is 0.125. The zero-order chi connectivity index (χ0) is 18.5. The molecule has 0 saturated heterocycles. The largest absolute Gasteiger partial charge is 0.497 e. The Morgan fingerprint density at radius 2 is 1.92 bits per heavy atom. The molecular formula is C19H22N2O5. The number of carbonyl (C=O) groups is 1. The van der Waals surface area contributed by atoms with Crippen LogP contribution in [-0.2, 0) is 11.3 Å². The summed E-state index contributed by atoms with van der Waals surface area (Å²) in [5.74, 6) is 2.60. The van der Waals surface area contributed by atoms with Crippen LogP contribution in [0.25, 0.3) is 0 Å². The number of carbonyl (C=O) groups excluding carboxylic acids is 1. The highest BCUT2D eigenvalue weighted by Crippen LogP contribution is 2.32. The van der Waals surface area contributed by atoms with Gasteiger partial charge in [-0.2, -0.15) is 0 Å². The smallest absolute Gasteiger partial charge is 0.242 e. The van der Waals surface area contributed by atoms with Crippen molar-refractivity contribution in [1.82, 2.24) is 5.32 Å². The first-order chi connectivity index (χ1) is 12.6. The van der Waals surface area contributed by atoms with Gasteiger partial charge in [-0.3, -0.25) is 4.79 Å². The molecule has 0 aliphatic carbocycles. The molecule has 2 N–H and O–H groups in total. The SMILES string of the molecule is COc1ccc(N[C@@H](C)C(=O)NCc2ccc3c(c2)OCO3)c(OC)c1. The van der Waals surface area contributed by atoms with E-state index in [9.17, 15) is 4.79 Å². The minimum Gasteiger partial charge on any atom is -0.497 e. The van der Waals surface area contributed by atoms with Gasteiger partial charge in [0.25, 0.3) is 0 Å². The molecule has 0 bridgehead atoms. The molecule has 1 aliphatic rings. The summed E-state index contributed by atoms with van der Waals surface area (Å²) in [5.41, 5.74) is 1.66. The summed E-state index contributed by atoms with van der Waals surface area (Å²) in [7, 11) is 3.17. The van der Waals surface area contributed by atoms with Gasteiger partial charge in [0.05, 0.1) is 19.9 Å². The van der Waals surface area contributed by atoms with Crippen LogP contribution in [0.5, 0.6) is 23.0 Å². The Hall–Kier alpha value is -3.09. The Kier molecular flexibility index (Phi) is 5.36. The maximum atomic E-state index is 12.4. The van der Waals surface area contributed by atoms with Gasteiger partial charge in [0.15, 0.2) is 11.5 Å². The number of methoxy groups -OCH3 is 2. The third kappa shape index (κ3) is 3.93. The predicted molar refractivity (Wildman–Crippen MR) is 97.0 cm³/mol. The number of hydrogen-bond donors (Lipinski definition) is 2. The fourth-order valence-corrected chi connectivity index (χ4v) is 2.61. The standard InChI is InChI=1S/C19H22N2O5/c1-12(21-15-6-5-14(23-2)9-17(15)24-3)19(22)20-10-13-4-7-16-18(8-13)26-11-25-16/h4-9,12,21H,10-11H2,1-3H3,(H,20,22)/t12-/m0/s1. The number of hydrogen-bond acceptors (Lipinski definition) is 6. The van der Waals surface area contributed by atoms with Gasteiger partial charge in [-0.1, -0.05) is 6.07 Å². The molecule has 2 aromatic rings. The molecule has 1 atom stereocenters. The van der Waals surface area contributed by atoms with Crippen LogP contribution in [0.15, 0.2) is 36.4 Å². The lowest BCUT2D eigenvalue weighted by Gasteiger charge is -2.18. The van der Waals surface area contributed by atoms with E-state index in [0.29, 0.717) is 23.8 Å². The second-order valence-corrected chi connectivity index (χ2v) is 5.84. The Balaban J connectivity index is 1.58. The first-order valence-corrected chi connectivity index (χ1v) is 8.25. The number of fused-ring (bicyclic) bond motifs is 1. The molecule has 3 rings (SSSR count). The average molecular weight is 358 g/mol. The second-order valence-electron chi connectivity index (χ2n) is 5.84. The number of rotatable bonds is 7. The number of ether oxygens (including phenoxy) is 4. The van der Waals surface area contributed by atoms with Crippen LogP contribution in [-0.4, -0.2) is 33.0 Å². The molecule has 1 aliphatic heterocycles. The van der Waals surface area contributed by atoms with Gasteiger partial charge in [0.2, 0.25) is 12.7 Å². The van der Waals surface area contributed by atoms with E-state index in [2.05, 4.69) is 10.6 Å². The van der Waals surface area contributed by atoms with Gasteiger partial charge in [-0.15, -0.1) is 0 Å². The molecular weight excluding hydrogens is 336 g/mol. The zero-order valence-corrected chi connectivity index (χ0v) is 15.0. The molecule has 0 aromatic heterocycles. The van der Waals surface area contributed by atoms with Gasteiger partial charge < -0.3 is 29.6 Å². The third-order valence-corrected chi connectivity index (χ3v) is 4.08. The molecule has 0 fully saturated rings. The lowest BCUT2D eigenvalue weighted by Crippen LogP contribution is -2.37. The normalized spacial score (nSPS) is 13.0. The molecule has 26 heavy (non-hydrogen) atoms. The highest BCUT2D eigenvalue weighted by atomic mass is 16.7. The lowest BCUT2D eigenvalue weighted by molar-refractivity contribution is -0.121. The number of amides is 1. The number of nitrogens with one attached hydrogen (secondary N) is 2. The predicted octanol–water partition coefficient (Wildman–Crippen LogP) is 2.55. The van der Waals surface area contributed by atoms with E-state index < -0.39 is 6.04 Å². The monoisotopic (exact) mass is 358 g/mol. The maximum Gasteiger partial charge on any atom is 0.242 e. The van der Waals surface area contributed by atoms with Gasteiger partial charge >= 0.3 is 0 Å². The van der Waals surface area contributed by atoms with Gasteiger partial charge in [-0.05, 0) is 36.8 Å². The number of anilines is 1. The van der Waals surface area contributed by atoms with Crippen molar-refractivity contribution < 1.29 is 23.7 Å². The van der Waals surface area contributed by atoms with E-state index >= 15 is 0 Å². The van der Waals surface area contributed by atoms with Crippen LogP contribution in [0.2, 0.25) is 0 Å². The molecule has 1 amide bonds. The van der Waals surface area contributed by atoms with E-state index in [4.69, 9.17) is 18.9 Å². The highest BCUT2D eigenvalue weighted by molar-refractivity contribution is 5.84. The molecule has 7 nitrogen and oxygen atoms in total. The van der Waals surface area contributed by atoms with E-state index in [1.807, 2.05) is 30.3 Å². The fraction of sp³-hybridized carbons (Fsp3) is 0.316. The molecule has 0 radical (unpaired) electrons. The van der Waals surface area contributed by atoms with Gasteiger partial charge in [0.1, 0.15) is 17.5 Å². The minimum atomic E-state index is -0.439. The first-order valence-electron chi connectivity index (χ1n) is 8.25. The van der Waals surface area contributed by atoms with Crippen molar-refractivity contribution in [3.8, 4) is 23.0 Å². The summed E-state index contributed by atoms with van der Waals surface area (Å²) in [4.78, 5) is 12.4.